The van der Waals surface area contributed by atoms with Gasteiger partial charge in [-0.2, -0.15) is 14.5 Å². The number of furan rings is 1. The monoisotopic (exact) mass is 460 g/mol. The smallest absolute Gasteiger partial charge is 0.256 e. The number of benzene rings is 1. The molecule has 0 atom stereocenters. The van der Waals surface area contributed by atoms with Crippen LogP contribution >= 0.6 is 11.3 Å². The summed E-state index contributed by atoms with van der Waals surface area (Å²) in [5, 5.41) is 6.55. The van der Waals surface area contributed by atoms with E-state index in [0.717, 1.165) is 30.1 Å². The molecule has 0 bridgehead atoms. The lowest BCUT2D eigenvalue weighted by Gasteiger charge is -2.24. The maximum Gasteiger partial charge on any atom is 0.256 e. The van der Waals surface area contributed by atoms with E-state index >= 15 is 0 Å². The lowest BCUT2D eigenvalue weighted by atomic mass is 10.2. The van der Waals surface area contributed by atoms with Crippen LogP contribution in [0.2, 0.25) is 0 Å². The number of thiophene rings is 1. The van der Waals surface area contributed by atoms with Crippen LogP contribution in [0.3, 0.4) is 0 Å². The summed E-state index contributed by atoms with van der Waals surface area (Å²) in [7, 11) is 0. The summed E-state index contributed by atoms with van der Waals surface area (Å²) in [5.74, 6) is 3.52. The summed E-state index contributed by atoms with van der Waals surface area (Å²) in [6.07, 6.45) is 2.49. The van der Waals surface area contributed by atoms with Gasteiger partial charge in [-0.25, -0.2) is 0 Å². The first-order chi connectivity index (χ1) is 16.2. The number of hydrogen-bond acceptors (Lipinski definition) is 8. The van der Waals surface area contributed by atoms with Crippen molar-refractivity contribution in [2.75, 3.05) is 23.8 Å². The maximum absolute atomic E-state index is 6.35. The minimum absolute atomic E-state index is 0.431. The van der Waals surface area contributed by atoms with Gasteiger partial charge in [0, 0.05) is 24.0 Å². The van der Waals surface area contributed by atoms with Crippen molar-refractivity contribution in [3.05, 3.63) is 76.7 Å². The average Bonchev–Trinajstić information content (AvgIpc) is 3.58. The van der Waals surface area contributed by atoms with Gasteiger partial charge in [0.25, 0.3) is 5.78 Å². The number of nitrogens with two attached hydrogens (primary N) is 1. The topological polar surface area (TPSA) is 94.7 Å². The van der Waals surface area contributed by atoms with Crippen molar-refractivity contribution in [3.63, 3.8) is 0 Å². The number of nitrogen functional groups attached to an aromatic ring is 1. The van der Waals surface area contributed by atoms with Crippen molar-refractivity contribution < 1.29 is 9.15 Å². The first-order valence-electron chi connectivity index (χ1n) is 10.8. The second-order valence-corrected chi connectivity index (χ2v) is 8.53. The second-order valence-electron chi connectivity index (χ2n) is 7.50. The van der Waals surface area contributed by atoms with Crippen LogP contribution in [0.15, 0.2) is 70.7 Å². The highest BCUT2D eigenvalue weighted by atomic mass is 32.1. The third-order valence-corrected chi connectivity index (χ3v) is 6.12. The fourth-order valence-corrected chi connectivity index (χ4v) is 4.34. The SMILES string of the molecule is CCOc1cccc(CN(CCc2cccs2)c2cc(N)n3nc(-c4ccco4)nc3n2)c1. The number of hydrogen-bond donors (Lipinski definition) is 1. The van der Waals surface area contributed by atoms with Gasteiger partial charge >= 0.3 is 0 Å². The van der Waals surface area contributed by atoms with E-state index in [1.807, 2.05) is 31.2 Å². The Balaban J connectivity index is 1.48. The molecule has 5 aromatic rings. The maximum atomic E-state index is 6.35. The molecule has 4 heterocycles. The first kappa shape index (κ1) is 21.0. The molecule has 0 aliphatic heterocycles. The van der Waals surface area contributed by atoms with E-state index in [1.54, 1.807) is 23.7 Å². The molecule has 9 heteroatoms. The standard InChI is InChI=1S/C24H24N6O2S/c1-2-31-18-7-3-6-17(14-18)16-29(11-10-19-8-5-13-33-19)22-15-21(25)30-24(26-22)27-23(28-30)20-9-4-12-32-20/h3-9,12-15H,2,10-11,16,25H2,1H3. The van der Waals surface area contributed by atoms with Gasteiger partial charge in [-0.15, -0.1) is 16.4 Å². The Labute approximate surface area is 195 Å². The fraction of sp³-hybridized carbons (Fsp3) is 0.208. The van der Waals surface area contributed by atoms with E-state index in [1.165, 1.54) is 9.39 Å². The van der Waals surface area contributed by atoms with Gasteiger partial charge in [0.2, 0.25) is 5.82 Å². The molecule has 0 aliphatic carbocycles. The van der Waals surface area contributed by atoms with Crippen LogP contribution in [0.5, 0.6) is 5.75 Å². The van der Waals surface area contributed by atoms with Crippen molar-refractivity contribution in [1.82, 2.24) is 19.6 Å². The summed E-state index contributed by atoms with van der Waals surface area (Å²) in [6, 6.07) is 17.8. The van der Waals surface area contributed by atoms with Gasteiger partial charge in [-0.05, 0) is 54.6 Å². The molecule has 1 aromatic carbocycles. The number of rotatable bonds is 9. The van der Waals surface area contributed by atoms with Crippen molar-refractivity contribution in [2.45, 2.75) is 19.9 Å². The van der Waals surface area contributed by atoms with Crippen LogP contribution in [0.25, 0.3) is 17.4 Å². The lowest BCUT2D eigenvalue weighted by Crippen LogP contribution is -2.26. The predicted octanol–water partition coefficient (Wildman–Crippen LogP) is 4.68. The summed E-state index contributed by atoms with van der Waals surface area (Å²) < 4.78 is 12.6. The molecule has 33 heavy (non-hydrogen) atoms. The van der Waals surface area contributed by atoms with E-state index in [2.05, 4.69) is 44.6 Å². The average molecular weight is 461 g/mol. The third-order valence-electron chi connectivity index (χ3n) is 5.18. The van der Waals surface area contributed by atoms with Gasteiger partial charge in [0.15, 0.2) is 5.76 Å². The van der Waals surface area contributed by atoms with Crippen LogP contribution in [0.4, 0.5) is 11.6 Å². The molecule has 8 nitrogen and oxygen atoms in total. The van der Waals surface area contributed by atoms with E-state index < -0.39 is 0 Å². The zero-order chi connectivity index (χ0) is 22.6. The number of fused-ring (bicyclic) bond motifs is 1. The van der Waals surface area contributed by atoms with Crippen molar-refractivity contribution in [2.24, 2.45) is 0 Å². The van der Waals surface area contributed by atoms with E-state index in [4.69, 9.17) is 19.9 Å². The Morgan fingerprint density at radius 2 is 2.06 bits per heavy atom. The van der Waals surface area contributed by atoms with Crippen molar-refractivity contribution >= 4 is 28.8 Å². The summed E-state index contributed by atoms with van der Waals surface area (Å²) >= 11 is 1.75. The molecular weight excluding hydrogens is 436 g/mol. The van der Waals surface area contributed by atoms with Crippen molar-refractivity contribution in [1.29, 1.82) is 0 Å². The van der Waals surface area contributed by atoms with E-state index in [-0.39, 0.29) is 0 Å². The largest absolute Gasteiger partial charge is 0.494 e. The Bertz CT molecular complexity index is 1330. The van der Waals surface area contributed by atoms with Crippen molar-refractivity contribution in [3.8, 4) is 17.3 Å². The number of ether oxygens (including phenoxy) is 1. The molecule has 0 spiro atoms. The van der Waals surface area contributed by atoms with Crippen LogP contribution in [0, 0.1) is 0 Å². The van der Waals surface area contributed by atoms with Gasteiger partial charge in [0.05, 0.1) is 12.9 Å². The molecule has 2 N–H and O–H groups in total. The number of nitrogens with zero attached hydrogens (tertiary/aromatic N) is 5. The zero-order valence-electron chi connectivity index (χ0n) is 18.2. The molecule has 0 aliphatic rings. The molecule has 4 aromatic heterocycles. The minimum atomic E-state index is 0.431. The highest BCUT2D eigenvalue weighted by Crippen LogP contribution is 2.24. The van der Waals surface area contributed by atoms with Gasteiger partial charge < -0.3 is 19.8 Å². The van der Waals surface area contributed by atoms with Crippen LogP contribution in [-0.2, 0) is 13.0 Å². The van der Waals surface area contributed by atoms with E-state index in [9.17, 15) is 0 Å². The zero-order valence-corrected chi connectivity index (χ0v) is 19.0. The van der Waals surface area contributed by atoms with Crippen LogP contribution in [-0.4, -0.2) is 32.7 Å². The molecule has 0 saturated carbocycles. The Kier molecular flexibility index (Phi) is 5.95. The molecule has 168 valence electrons. The fourth-order valence-electron chi connectivity index (χ4n) is 3.65. The molecule has 0 fully saturated rings. The summed E-state index contributed by atoms with van der Waals surface area (Å²) in [4.78, 5) is 12.9. The molecule has 5 rings (SSSR count). The Morgan fingerprint density at radius 1 is 1.12 bits per heavy atom. The summed E-state index contributed by atoms with van der Waals surface area (Å²) in [5.41, 5.74) is 7.48. The van der Waals surface area contributed by atoms with Crippen LogP contribution in [0.1, 0.15) is 17.4 Å². The summed E-state index contributed by atoms with van der Waals surface area (Å²) in [6.45, 7) is 4.05. The number of aromatic nitrogens is 4. The Hall–Kier alpha value is -3.85. The normalized spacial score (nSPS) is 11.2. The van der Waals surface area contributed by atoms with Crippen LogP contribution < -0.4 is 15.4 Å². The van der Waals surface area contributed by atoms with Gasteiger partial charge in [-0.1, -0.05) is 18.2 Å². The highest BCUT2D eigenvalue weighted by molar-refractivity contribution is 7.09. The van der Waals surface area contributed by atoms with Gasteiger partial charge in [-0.3, -0.25) is 0 Å². The van der Waals surface area contributed by atoms with Gasteiger partial charge in [0.1, 0.15) is 17.4 Å². The Morgan fingerprint density at radius 3 is 2.85 bits per heavy atom. The minimum Gasteiger partial charge on any atom is -0.494 e. The molecule has 0 unspecified atom stereocenters. The number of anilines is 2. The molecule has 0 amide bonds. The van der Waals surface area contributed by atoms with E-state index in [0.29, 0.717) is 36.3 Å². The predicted molar refractivity (Wildman–Crippen MR) is 130 cm³/mol. The molecule has 0 saturated heterocycles. The lowest BCUT2D eigenvalue weighted by molar-refractivity contribution is 0.340. The highest BCUT2D eigenvalue weighted by Gasteiger charge is 2.17. The quantitative estimate of drug-likeness (QED) is 0.341. The molecular formula is C24H24N6O2S. The second kappa shape index (κ2) is 9.33. The third kappa shape index (κ3) is 4.68. The molecule has 0 radical (unpaired) electrons. The first-order valence-corrected chi connectivity index (χ1v) is 11.6.